The Bertz CT molecular complexity index is 191. The fraction of sp³-hybridized carbons (Fsp3) is 0.750. The molecule has 1 fully saturated rings. The smallest absolute Gasteiger partial charge is 0.329 e. The van der Waals surface area contributed by atoms with Crippen LogP contribution < -0.4 is 0 Å². The molecule has 1 amide bonds. The van der Waals surface area contributed by atoms with Gasteiger partial charge in [-0.1, -0.05) is 6.42 Å². The summed E-state index contributed by atoms with van der Waals surface area (Å²) >= 11 is 0. The summed E-state index contributed by atoms with van der Waals surface area (Å²) in [5.74, 6) is -0.507. The van der Waals surface area contributed by atoms with E-state index in [1.165, 1.54) is 12.0 Å². The first kappa shape index (κ1) is 9.03. The molecule has 0 spiro atoms. The highest BCUT2D eigenvalue weighted by Crippen LogP contribution is 2.11. The fourth-order valence-corrected chi connectivity index (χ4v) is 1.21. The molecule has 1 rings (SSSR count). The third-order valence-electron chi connectivity index (χ3n) is 1.77. The Morgan fingerprint density at radius 2 is 2.17 bits per heavy atom. The third kappa shape index (κ3) is 2.53. The Morgan fingerprint density at radius 3 is 2.83 bits per heavy atom. The highest BCUT2D eigenvalue weighted by atomic mass is 16.7. The van der Waals surface area contributed by atoms with Gasteiger partial charge < -0.3 is 4.84 Å². The van der Waals surface area contributed by atoms with Crippen LogP contribution in [0.15, 0.2) is 0 Å². The highest BCUT2D eigenvalue weighted by Gasteiger charge is 2.18. The first-order valence-corrected chi connectivity index (χ1v) is 4.19. The van der Waals surface area contributed by atoms with E-state index < -0.39 is 5.97 Å². The monoisotopic (exact) mass is 171 g/mol. The van der Waals surface area contributed by atoms with Crippen molar-refractivity contribution >= 4 is 11.9 Å². The Kier molecular flexibility index (Phi) is 3.08. The highest BCUT2D eigenvalue weighted by molar-refractivity contribution is 5.77. The van der Waals surface area contributed by atoms with Gasteiger partial charge in [0.1, 0.15) is 0 Å². The van der Waals surface area contributed by atoms with Gasteiger partial charge in [0.05, 0.1) is 6.54 Å². The van der Waals surface area contributed by atoms with E-state index in [-0.39, 0.29) is 5.91 Å². The molecule has 0 saturated carbocycles. The first-order chi connectivity index (χ1) is 5.70. The van der Waals surface area contributed by atoms with Crippen LogP contribution in [0.4, 0.5) is 0 Å². The van der Waals surface area contributed by atoms with Crippen LogP contribution >= 0.6 is 0 Å². The van der Waals surface area contributed by atoms with Gasteiger partial charge in [0.25, 0.3) is 5.91 Å². The minimum atomic E-state index is -0.426. The van der Waals surface area contributed by atoms with Gasteiger partial charge in [-0.25, -0.2) is 0 Å². The van der Waals surface area contributed by atoms with Crippen molar-refractivity contribution in [2.45, 2.75) is 32.6 Å². The molecular formula is C8H13NO3. The molecule has 12 heavy (non-hydrogen) atoms. The molecule has 0 radical (unpaired) electrons. The zero-order valence-corrected chi connectivity index (χ0v) is 7.21. The molecule has 1 aliphatic heterocycles. The van der Waals surface area contributed by atoms with Gasteiger partial charge in [0.2, 0.25) is 0 Å². The van der Waals surface area contributed by atoms with Gasteiger partial charge >= 0.3 is 5.97 Å². The molecule has 0 aromatic carbocycles. The quantitative estimate of drug-likeness (QED) is 0.588. The Morgan fingerprint density at radius 1 is 1.42 bits per heavy atom. The Labute approximate surface area is 71.4 Å². The maximum atomic E-state index is 11.2. The molecule has 0 atom stereocenters. The maximum Gasteiger partial charge on any atom is 0.329 e. The van der Waals surface area contributed by atoms with Crippen LogP contribution in [0.1, 0.15) is 32.6 Å². The Balaban J connectivity index is 2.47. The lowest BCUT2D eigenvalue weighted by Crippen LogP contribution is -2.32. The molecule has 1 saturated heterocycles. The molecule has 4 heteroatoms. The van der Waals surface area contributed by atoms with E-state index in [1.54, 1.807) is 0 Å². The molecule has 0 unspecified atom stereocenters. The lowest BCUT2D eigenvalue weighted by Gasteiger charge is -2.17. The molecule has 0 aromatic heterocycles. The predicted molar refractivity (Wildman–Crippen MR) is 41.9 cm³/mol. The molecule has 1 aliphatic rings. The van der Waals surface area contributed by atoms with Gasteiger partial charge in [0, 0.05) is 13.3 Å². The summed E-state index contributed by atoms with van der Waals surface area (Å²) in [4.78, 5) is 26.5. The second kappa shape index (κ2) is 4.09. The van der Waals surface area contributed by atoms with Crippen molar-refractivity contribution in [2.75, 3.05) is 6.54 Å². The number of amides is 1. The van der Waals surface area contributed by atoms with Gasteiger partial charge in [-0.2, -0.15) is 5.06 Å². The fourth-order valence-electron chi connectivity index (χ4n) is 1.21. The summed E-state index contributed by atoms with van der Waals surface area (Å²) in [5.41, 5.74) is 0. The van der Waals surface area contributed by atoms with Crippen molar-refractivity contribution in [2.24, 2.45) is 0 Å². The van der Waals surface area contributed by atoms with Crippen LogP contribution in [0.2, 0.25) is 0 Å². The average molecular weight is 171 g/mol. The van der Waals surface area contributed by atoms with Crippen LogP contribution in [0.3, 0.4) is 0 Å². The second-order valence-corrected chi connectivity index (χ2v) is 2.89. The van der Waals surface area contributed by atoms with E-state index in [4.69, 9.17) is 4.84 Å². The molecule has 0 aliphatic carbocycles. The number of hydroxylamine groups is 2. The lowest BCUT2D eigenvalue weighted by molar-refractivity contribution is -0.195. The third-order valence-corrected chi connectivity index (χ3v) is 1.77. The normalized spacial score (nSPS) is 18.8. The van der Waals surface area contributed by atoms with Gasteiger partial charge in [-0.05, 0) is 12.8 Å². The van der Waals surface area contributed by atoms with Crippen molar-refractivity contribution in [3.63, 3.8) is 0 Å². The van der Waals surface area contributed by atoms with Crippen molar-refractivity contribution in [1.29, 1.82) is 0 Å². The van der Waals surface area contributed by atoms with E-state index in [1.807, 2.05) is 0 Å². The van der Waals surface area contributed by atoms with Crippen LogP contribution in [0.25, 0.3) is 0 Å². The number of hydrogen-bond acceptors (Lipinski definition) is 3. The summed E-state index contributed by atoms with van der Waals surface area (Å²) in [6, 6.07) is 0. The molecule has 0 aromatic rings. The van der Waals surface area contributed by atoms with Gasteiger partial charge in [-0.3, -0.25) is 9.59 Å². The van der Waals surface area contributed by atoms with Crippen LogP contribution in [-0.2, 0) is 14.4 Å². The van der Waals surface area contributed by atoms with Crippen LogP contribution in [0, 0.1) is 0 Å². The summed E-state index contributed by atoms with van der Waals surface area (Å²) in [5, 5.41) is 1.18. The summed E-state index contributed by atoms with van der Waals surface area (Å²) in [6.07, 6.45) is 3.34. The molecular weight excluding hydrogens is 158 g/mol. The summed E-state index contributed by atoms with van der Waals surface area (Å²) < 4.78 is 0. The number of carbonyl (C=O) groups is 2. The van der Waals surface area contributed by atoms with Crippen LogP contribution in [-0.4, -0.2) is 23.5 Å². The maximum absolute atomic E-state index is 11.2. The van der Waals surface area contributed by atoms with E-state index in [9.17, 15) is 9.59 Å². The van der Waals surface area contributed by atoms with E-state index in [0.717, 1.165) is 19.3 Å². The van der Waals surface area contributed by atoms with E-state index >= 15 is 0 Å². The molecule has 68 valence electrons. The van der Waals surface area contributed by atoms with Gasteiger partial charge in [0.15, 0.2) is 0 Å². The Hall–Kier alpha value is -1.06. The zero-order valence-electron chi connectivity index (χ0n) is 7.21. The number of carbonyl (C=O) groups excluding carboxylic acids is 2. The molecule has 4 nitrogen and oxygen atoms in total. The average Bonchev–Trinajstić information content (AvgIpc) is 2.16. The standard InChI is InChI=1S/C8H13NO3/c1-7(10)12-9-6-4-2-3-5-8(9)11/h2-6H2,1H3. The van der Waals surface area contributed by atoms with Crippen molar-refractivity contribution in [1.82, 2.24) is 5.06 Å². The van der Waals surface area contributed by atoms with Crippen LogP contribution in [0.5, 0.6) is 0 Å². The van der Waals surface area contributed by atoms with Gasteiger partial charge in [-0.15, -0.1) is 0 Å². The number of nitrogens with zero attached hydrogens (tertiary/aromatic N) is 1. The first-order valence-electron chi connectivity index (χ1n) is 4.19. The number of rotatable bonds is 1. The summed E-state index contributed by atoms with van der Waals surface area (Å²) in [7, 11) is 0. The molecule has 0 bridgehead atoms. The minimum Gasteiger partial charge on any atom is -0.338 e. The lowest BCUT2D eigenvalue weighted by atomic mass is 10.2. The van der Waals surface area contributed by atoms with E-state index in [0.29, 0.717) is 13.0 Å². The SMILES string of the molecule is CC(=O)ON1CCCCCC1=O. The van der Waals surface area contributed by atoms with Crippen molar-refractivity contribution in [3.8, 4) is 0 Å². The summed E-state index contributed by atoms with van der Waals surface area (Å²) in [6.45, 7) is 1.84. The van der Waals surface area contributed by atoms with E-state index in [2.05, 4.69) is 0 Å². The predicted octanol–water partition coefficient (Wildman–Crippen LogP) is 0.867. The zero-order chi connectivity index (χ0) is 8.97. The van der Waals surface area contributed by atoms with Crippen molar-refractivity contribution < 1.29 is 14.4 Å². The molecule has 0 N–H and O–H groups in total. The molecule has 1 heterocycles. The minimum absolute atomic E-state index is 0.0808. The van der Waals surface area contributed by atoms with Crippen molar-refractivity contribution in [3.05, 3.63) is 0 Å². The number of hydrogen-bond donors (Lipinski definition) is 0. The largest absolute Gasteiger partial charge is 0.338 e. The second-order valence-electron chi connectivity index (χ2n) is 2.89. The topological polar surface area (TPSA) is 46.6 Å².